The molecule has 0 saturated heterocycles. The number of aromatic nitrogens is 1. The lowest BCUT2D eigenvalue weighted by molar-refractivity contribution is -0.134. The van der Waals surface area contributed by atoms with Gasteiger partial charge in [0.05, 0.1) is 18.2 Å². The number of aliphatic hydroxyl groups excluding tert-OH is 1. The van der Waals surface area contributed by atoms with Gasteiger partial charge in [-0.25, -0.2) is 0 Å². The number of Topliss-reactive ketones (excluding diaryl/α,β-unsaturated/α-hetero) is 1. The first-order valence-electron chi connectivity index (χ1n) is 9.84. The Morgan fingerprint density at radius 3 is 2.48 bits per heavy atom. The second kappa shape index (κ2) is 10.2. The molecule has 29 heavy (non-hydrogen) atoms. The molecule has 0 aliphatic heterocycles. The summed E-state index contributed by atoms with van der Waals surface area (Å²) in [5.74, 6) is -1.33. The van der Waals surface area contributed by atoms with Crippen molar-refractivity contribution in [2.75, 3.05) is 0 Å². The monoisotopic (exact) mass is 402 g/mol. The van der Waals surface area contributed by atoms with Crippen molar-refractivity contribution in [2.24, 2.45) is 5.73 Å². The molecule has 0 aliphatic carbocycles. The Labute approximate surface area is 170 Å². The van der Waals surface area contributed by atoms with Crippen molar-refractivity contribution in [3.63, 3.8) is 0 Å². The summed E-state index contributed by atoms with van der Waals surface area (Å²) in [6, 6.07) is 4.94. The molecule has 0 radical (unpaired) electrons. The Morgan fingerprint density at radius 2 is 1.86 bits per heavy atom. The zero-order valence-electron chi connectivity index (χ0n) is 17.1. The van der Waals surface area contributed by atoms with Gasteiger partial charge < -0.3 is 26.5 Å². The van der Waals surface area contributed by atoms with E-state index in [1.54, 1.807) is 6.20 Å². The number of benzene rings is 1. The molecule has 0 bridgehead atoms. The molecule has 6 N–H and O–H groups in total. The van der Waals surface area contributed by atoms with Gasteiger partial charge in [0.1, 0.15) is 6.04 Å². The van der Waals surface area contributed by atoms with E-state index in [0.29, 0.717) is 12.8 Å². The van der Waals surface area contributed by atoms with Crippen LogP contribution in [0.25, 0.3) is 10.9 Å². The molecule has 158 valence electrons. The van der Waals surface area contributed by atoms with Crippen LogP contribution < -0.4 is 16.4 Å². The predicted molar refractivity (Wildman–Crippen MR) is 111 cm³/mol. The summed E-state index contributed by atoms with van der Waals surface area (Å²) in [5, 5.41) is 16.1. The largest absolute Gasteiger partial charge is 0.391 e. The van der Waals surface area contributed by atoms with E-state index in [4.69, 9.17) is 5.73 Å². The van der Waals surface area contributed by atoms with Crippen LogP contribution in [-0.2, 0) is 20.8 Å². The van der Waals surface area contributed by atoms with Crippen molar-refractivity contribution in [3.05, 3.63) is 36.0 Å². The molecule has 2 rings (SSSR count). The fourth-order valence-electron chi connectivity index (χ4n) is 3.22. The molecule has 4 atom stereocenters. The van der Waals surface area contributed by atoms with Gasteiger partial charge in [-0.3, -0.25) is 14.4 Å². The number of ketones is 1. The van der Waals surface area contributed by atoms with E-state index in [9.17, 15) is 19.5 Å². The van der Waals surface area contributed by atoms with Crippen molar-refractivity contribution in [1.82, 2.24) is 15.6 Å². The zero-order valence-corrected chi connectivity index (χ0v) is 17.1. The number of hydrogen-bond acceptors (Lipinski definition) is 5. The SMILES string of the molecule is CCC[C@H](NC(=O)[C@@H](NC(=O)[C@@H](N)Cc1c[nH]c2ccccc12)[C@@H](C)O)C(C)=O. The molecule has 8 heteroatoms. The molecular formula is C21H30N4O4. The Bertz CT molecular complexity index is 861. The van der Waals surface area contributed by atoms with Crippen LogP contribution in [0, 0.1) is 0 Å². The quantitative estimate of drug-likeness (QED) is 0.400. The van der Waals surface area contributed by atoms with Crippen LogP contribution in [0.4, 0.5) is 0 Å². The number of nitrogens with one attached hydrogen (secondary N) is 3. The molecule has 0 spiro atoms. The molecule has 1 aromatic carbocycles. The molecule has 0 fully saturated rings. The number of carbonyl (C=O) groups excluding carboxylic acids is 3. The molecule has 2 amide bonds. The van der Waals surface area contributed by atoms with E-state index in [1.807, 2.05) is 31.2 Å². The Hall–Kier alpha value is -2.71. The molecule has 1 aromatic heterocycles. The van der Waals surface area contributed by atoms with Gasteiger partial charge in [-0.1, -0.05) is 31.5 Å². The number of rotatable bonds is 10. The maximum absolute atomic E-state index is 12.6. The molecule has 0 saturated carbocycles. The van der Waals surface area contributed by atoms with Crippen LogP contribution in [0.3, 0.4) is 0 Å². The molecule has 2 aromatic rings. The minimum absolute atomic E-state index is 0.174. The molecule has 1 heterocycles. The van der Waals surface area contributed by atoms with E-state index in [-0.39, 0.29) is 12.2 Å². The maximum Gasteiger partial charge on any atom is 0.245 e. The first kappa shape index (κ1) is 22.6. The zero-order chi connectivity index (χ0) is 21.6. The van der Waals surface area contributed by atoms with Gasteiger partial charge >= 0.3 is 0 Å². The van der Waals surface area contributed by atoms with Crippen molar-refractivity contribution < 1.29 is 19.5 Å². The fourth-order valence-corrected chi connectivity index (χ4v) is 3.22. The third-order valence-corrected chi connectivity index (χ3v) is 4.90. The number of hydrogen-bond donors (Lipinski definition) is 5. The predicted octanol–water partition coefficient (Wildman–Crippen LogP) is 0.777. The van der Waals surface area contributed by atoms with E-state index >= 15 is 0 Å². The van der Waals surface area contributed by atoms with Gasteiger partial charge in [-0.2, -0.15) is 0 Å². The van der Waals surface area contributed by atoms with Gasteiger partial charge in [-0.05, 0) is 38.3 Å². The highest BCUT2D eigenvalue weighted by Gasteiger charge is 2.30. The third-order valence-electron chi connectivity index (χ3n) is 4.90. The van der Waals surface area contributed by atoms with E-state index in [1.165, 1.54) is 13.8 Å². The summed E-state index contributed by atoms with van der Waals surface area (Å²) in [4.78, 5) is 39.9. The highest BCUT2D eigenvalue weighted by atomic mass is 16.3. The first-order chi connectivity index (χ1) is 13.7. The highest BCUT2D eigenvalue weighted by molar-refractivity contribution is 5.93. The van der Waals surface area contributed by atoms with Gasteiger partial charge in [-0.15, -0.1) is 0 Å². The summed E-state index contributed by atoms with van der Waals surface area (Å²) in [6.07, 6.45) is 2.13. The van der Waals surface area contributed by atoms with Crippen LogP contribution >= 0.6 is 0 Å². The summed E-state index contributed by atoms with van der Waals surface area (Å²) < 4.78 is 0. The number of amides is 2. The van der Waals surface area contributed by atoms with Crippen LogP contribution in [0.2, 0.25) is 0 Å². The van der Waals surface area contributed by atoms with Crippen molar-refractivity contribution in [3.8, 4) is 0 Å². The fraction of sp³-hybridized carbons (Fsp3) is 0.476. The summed E-state index contributed by atoms with van der Waals surface area (Å²) in [6.45, 7) is 4.70. The lowest BCUT2D eigenvalue weighted by Gasteiger charge is -2.25. The number of aliphatic hydroxyl groups is 1. The normalized spacial score (nSPS) is 15.3. The summed E-state index contributed by atoms with van der Waals surface area (Å²) in [7, 11) is 0. The number of H-pyrrole nitrogens is 1. The standard InChI is InChI=1S/C21H30N4O4/c1-4-7-17(12(2)26)24-21(29)19(13(3)27)25-20(28)16(22)10-14-11-23-18-9-6-5-8-15(14)18/h5-6,8-9,11,13,16-17,19,23,27H,4,7,10,22H2,1-3H3,(H,24,29)(H,25,28)/t13-,16+,17+,19+/m1/s1. The number of nitrogens with two attached hydrogens (primary N) is 1. The second-order valence-electron chi connectivity index (χ2n) is 7.36. The lowest BCUT2D eigenvalue weighted by atomic mass is 10.0. The Morgan fingerprint density at radius 1 is 1.17 bits per heavy atom. The van der Waals surface area contributed by atoms with Crippen LogP contribution in [0.1, 0.15) is 39.2 Å². The van der Waals surface area contributed by atoms with Crippen molar-refractivity contribution in [1.29, 1.82) is 0 Å². The number of para-hydroxylation sites is 1. The van der Waals surface area contributed by atoms with Gasteiger partial charge in [0.15, 0.2) is 5.78 Å². The molecular weight excluding hydrogens is 372 g/mol. The minimum atomic E-state index is -1.20. The number of aromatic amines is 1. The van der Waals surface area contributed by atoms with E-state index < -0.39 is 36.0 Å². The lowest BCUT2D eigenvalue weighted by Crippen LogP contribution is -2.58. The van der Waals surface area contributed by atoms with E-state index in [2.05, 4.69) is 15.6 Å². The van der Waals surface area contributed by atoms with Crippen molar-refractivity contribution >= 4 is 28.5 Å². The maximum atomic E-state index is 12.6. The van der Waals surface area contributed by atoms with Gasteiger partial charge in [0.25, 0.3) is 0 Å². The Kier molecular flexibility index (Phi) is 7.92. The van der Waals surface area contributed by atoms with Crippen LogP contribution in [0.15, 0.2) is 30.5 Å². The van der Waals surface area contributed by atoms with Gasteiger partial charge in [0.2, 0.25) is 11.8 Å². The smallest absolute Gasteiger partial charge is 0.245 e. The van der Waals surface area contributed by atoms with E-state index in [0.717, 1.165) is 16.5 Å². The average molecular weight is 402 g/mol. The van der Waals surface area contributed by atoms with Crippen LogP contribution in [-0.4, -0.2) is 51.9 Å². The van der Waals surface area contributed by atoms with Gasteiger partial charge in [0, 0.05) is 17.1 Å². The highest BCUT2D eigenvalue weighted by Crippen LogP contribution is 2.18. The number of fused-ring (bicyclic) bond motifs is 1. The second-order valence-corrected chi connectivity index (χ2v) is 7.36. The summed E-state index contributed by atoms with van der Waals surface area (Å²) in [5.41, 5.74) is 7.89. The molecule has 0 aliphatic rings. The van der Waals surface area contributed by atoms with Crippen molar-refractivity contribution in [2.45, 2.75) is 64.3 Å². The third kappa shape index (κ3) is 5.88. The first-order valence-corrected chi connectivity index (χ1v) is 9.84. The Balaban J connectivity index is 2.04. The number of carbonyl (C=O) groups is 3. The summed E-state index contributed by atoms with van der Waals surface area (Å²) >= 11 is 0. The van der Waals surface area contributed by atoms with Crippen LogP contribution in [0.5, 0.6) is 0 Å². The molecule has 8 nitrogen and oxygen atoms in total. The molecule has 0 unspecified atom stereocenters. The average Bonchev–Trinajstić information content (AvgIpc) is 3.08. The topological polar surface area (TPSA) is 137 Å². The minimum Gasteiger partial charge on any atom is -0.391 e.